The molecule has 0 unspecified atom stereocenters. The number of aliphatic hydroxyl groups excluding tert-OH is 6. The second-order valence-electron chi connectivity index (χ2n) is 14.6. The Bertz CT molecular complexity index is 758. The lowest BCUT2D eigenvalue weighted by atomic mass is 9.99. The third-order valence-corrected chi connectivity index (χ3v) is 10.1. The SMILES string of the molecule is CCCCCCCCCCCCCCCCCCCCCCCCCCC(=O)N[C@@H](CO[C@H]1O[C@H](CO)[C@H](O)[C@H](O)[C@H]1O)[C@H](O)[C@H](O)CC. The molecule has 0 bridgehead atoms. The van der Waals surface area contributed by atoms with Crippen molar-refractivity contribution in [1.82, 2.24) is 5.32 Å². The van der Waals surface area contributed by atoms with Crippen molar-refractivity contribution in [3.8, 4) is 0 Å². The molecule has 0 aromatic rings. The van der Waals surface area contributed by atoms with Gasteiger partial charge in [-0.3, -0.25) is 4.79 Å². The summed E-state index contributed by atoms with van der Waals surface area (Å²) in [6, 6.07) is -0.982. The third kappa shape index (κ3) is 22.0. The van der Waals surface area contributed by atoms with E-state index in [2.05, 4.69) is 12.2 Å². The molecule has 0 saturated carbocycles. The number of unbranched alkanes of at least 4 members (excludes halogenated alkanes) is 23. The van der Waals surface area contributed by atoms with E-state index in [9.17, 15) is 35.4 Å². The molecule has 1 fully saturated rings. The molecule has 10 heteroatoms. The quantitative estimate of drug-likeness (QED) is 0.0394. The minimum atomic E-state index is -1.60. The molecule has 1 aliphatic rings. The first-order chi connectivity index (χ1) is 23.8. The molecule has 1 heterocycles. The Morgan fingerprint density at radius 3 is 1.43 bits per heavy atom. The van der Waals surface area contributed by atoms with Gasteiger partial charge < -0.3 is 45.4 Å². The summed E-state index contributed by atoms with van der Waals surface area (Å²) in [5, 5.41) is 63.1. The Morgan fingerprint density at radius 2 is 1.04 bits per heavy atom. The van der Waals surface area contributed by atoms with Crippen LogP contribution in [0.5, 0.6) is 0 Å². The van der Waals surface area contributed by atoms with Gasteiger partial charge in [0.25, 0.3) is 0 Å². The van der Waals surface area contributed by atoms with Gasteiger partial charge in [0.05, 0.1) is 25.4 Å². The van der Waals surface area contributed by atoms with Crippen LogP contribution in [-0.4, -0.2) is 98.7 Å². The topological polar surface area (TPSA) is 169 Å². The van der Waals surface area contributed by atoms with Gasteiger partial charge in [-0.25, -0.2) is 0 Å². The summed E-state index contributed by atoms with van der Waals surface area (Å²) < 4.78 is 10.9. The van der Waals surface area contributed by atoms with Crippen LogP contribution in [0, 0.1) is 0 Å². The molecule has 0 aliphatic carbocycles. The van der Waals surface area contributed by atoms with E-state index in [4.69, 9.17) is 9.47 Å². The van der Waals surface area contributed by atoms with Gasteiger partial charge in [-0.2, -0.15) is 0 Å². The molecular formula is C39H77NO9. The first kappa shape index (κ1) is 46.2. The molecule has 1 rings (SSSR count). The van der Waals surface area contributed by atoms with Crippen molar-refractivity contribution >= 4 is 5.91 Å². The molecule has 10 nitrogen and oxygen atoms in total. The molecule has 1 saturated heterocycles. The smallest absolute Gasteiger partial charge is 0.220 e. The lowest BCUT2D eigenvalue weighted by Crippen LogP contribution is -2.60. The van der Waals surface area contributed by atoms with Crippen molar-refractivity contribution in [1.29, 1.82) is 0 Å². The second kappa shape index (κ2) is 30.7. The number of hydrogen-bond acceptors (Lipinski definition) is 9. The Morgan fingerprint density at radius 1 is 0.633 bits per heavy atom. The lowest BCUT2D eigenvalue weighted by Gasteiger charge is -2.40. The molecule has 0 radical (unpaired) electrons. The number of amides is 1. The molecule has 1 aliphatic heterocycles. The standard InChI is InChI=1S/C39H77NO9/c1-3-5-6-7-8-9-10-11-12-13-14-15-16-17-18-19-20-21-22-23-24-25-26-27-28-34(43)40-31(35(44)32(42)4-2)30-48-39-38(47)37(46)36(45)33(29-41)49-39/h31-33,35-39,41-42,44-47H,3-30H2,1-2H3,(H,40,43)/t31-,32+,33+,35-,36-,37-,38+,39-/m0/s1. The zero-order chi connectivity index (χ0) is 36.1. The van der Waals surface area contributed by atoms with Crippen LogP contribution < -0.4 is 5.32 Å². The highest BCUT2D eigenvalue weighted by molar-refractivity contribution is 5.76. The van der Waals surface area contributed by atoms with Gasteiger partial charge in [0.2, 0.25) is 5.91 Å². The van der Waals surface area contributed by atoms with Crippen molar-refractivity contribution < 1.29 is 44.9 Å². The van der Waals surface area contributed by atoms with Gasteiger partial charge in [0, 0.05) is 6.42 Å². The number of aliphatic hydroxyl groups is 6. The van der Waals surface area contributed by atoms with Crippen molar-refractivity contribution in [2.45, 2.75) is 230 Å². The Hall–Kier alpha value is -0.850. The monoisotopic (exact) mass is 704 g/mol. The van der Waals surface area contributed by atoms with Crippen molar-refractivity contribution in [3.63, 3.8) is 0 Å². The summed E-state index contributed by atoms with van der Waals surface area (Å²) in [6.07, 6.45) is 22.4. The van der Waals surface area contributed by atoms with Crippen LogP contribution in [0.15, 0.2) is 0 Å². The molecule has 8 atom stereocenters. The number of carbonyl (C=O) groups excluding carboxylic acids is 1. The molecule has 0 aromatic carbocycles. The Labute approximate surface area is 298 Å². The summed E-state index contributed by atoms with van der Waals surface area (Å²) in [7, 11) is 0. The fourth-order valence-electron chi connectivity index (χ4n) is 6.67. The predicted molar refractivity (Wildman–Crippen MR) is 195 cm³/mol. The van der Waals surface area contributed by atoms with Gasteiger partial charge in [-0.15, -0.1) is 0 Å². The summed E-state index contributed by atoms with van der Waals surface area (Å²) in [4.78, 5) is 12.7. The maximum atomic E-state index is 12.7. The van der Waals surface area contributed by atoms with Gasteiger partial charge in [0.15, 0.2) is 6.29 Å². The normalized spacial score (nSPS) is 23.0. The van der Waals surface area contributed by atoms with Crippen molar-refractivity contribution in [2.24, 2.45) is 0 Å². The zero-order valence-electron chi connectivity index (χ0n) is 31.3. The van der Waals surface area contributed by atoms with Gasteiger partial charge >= 0.3 is 0 Å². The number of hydrogen-bond donors (Lipinski definition) is 7. The van der Waals surface area contributed by atoms with Crippen LogP contribution in [0.4, 0.5) is 0 Å². The van der Waals surface area contributed by atoms with E-state index in [0.717, 1.165) is 25.7 Å². The van der Waals surface area contributed by atoms with Crippen LogP contribution >= 0.6 is 0 Å². The van der Waals surface area contributed by atoms with E-state index in [1.165, 1.54) is 128 Å². The van der Waals surface area contributed by atoms with E-state index in [0.29, 0.717) is 0 Å². The molecule has 1 amide bonds. The van der Waals surface area contributed by atoms with E-state index < -0.39 is 55.6 Å². The molecule has 7 N–H and O–H groups in total. The minimum Gasteiger partial charge on any atom is -0.394 e. The highest BCUT2D eigenvalue weighted by Crippen LogP contribution is 2.23. The molecule has 292 valence electrons. The van der Waals surface area contributed by atoms with Crippen LogP contribution in [0.3, 0.4) is 0 Å². The first-order valence-electron chi connectivity index (χ1n) is 20.3. The number of carbonyl (C=O) groups is 1. The molecule has 0 spiro atoms. The van der Waals surface area contributed by atoms with Crippen LogP contribution in [0.2, 0.25) is 0 Å². The van der Waals surface area contributed by atoms with E-state index in [1.54, 1.807) is 6.92 Å². The first-order valence-corrected chi connectivity index (χ1v) is 20.3. The Kier molecular flexibility index (Phi) is 29.0. The fourth-order valence-corrected chi connectivity index (χ4v) is 6.67. The van der Waals surface area contributed by atoms with Crippen LogP contribution in [-0.2, 0) is 14.3 Å². The highest BCUT2D eigenvalue weighted by atomic mass is 16.7. The maximum Gasteiger partial charge on any atom is 0.220 e. The van der Waals surface area contributed by atoms with E-state index in [1.807, 2.05) is 0 Å². The van der Waals surface area contributed by atoms with Crippen LogP contribution in [0.25, 0.3) is 0 Å². The summed E-state index contributed by atoms with van der Waals surface area (Å²) in [5.74, 6) is -0.274. The van der Waals surface area contributed by atoms with Gasteiger partial charge in [-0.1, -0.05) is 162 Å². The highest BCUT2D eigenvalue weighted by Gasteiger charge is 2.44. The van der Waals surface area contributed by atoms with Crippen LogP contribution in [0.1, 0.15) is 181 Å². The van der Waals surface area contributed by atoms with E-state index in [-0.39, 0.29) is 25.4 Å². The zero-order valence-corrected chi connectivity index (χ0v) is 31.3. The number of ether oxygens (including phenoxy) is 2. The average molecular weight is 704 g/mol. The molecular weight excluding hydrogens is 626 g/mol. The predicted octanol–water partition coefficient (Wildman–Crippen LogP) is 6.19. The molecule has 49 heavy (non-hydrogen) atoms. The fraction of sp³-hybridized carbons (Fsp3) is 0.974. The molecule has 0 aromatic heterocycles. The van der Waals surface area contributed by atoms with E-state index >= 15 is 0 Å². The third-order valence-electron chi connectivity index (χ3n) is 10.1. The number of nitrogens with one attached hydrogen (secondary N) is 1. The van der Waals surface area contributed by atoms with Crippen molar-refractivity contribution in [2.75, 3.05) is 13.2 Å². The maximum absolute atomic E-state index is 12.7. The number of rotatable bonds is 33. The summed E-state index contributed by atoms with van der Waals surface area (Å²) >= 11 is 0. The van der Waals surface area contributed by atoms with Crippen molar-refractivity contribution in [3.05, 3.63) is 0 Å². The lowest BCUT2D eigenvalue weighted by molar-refractivity contribution is -0.303. The van der Waals surface area contributed by atoms with Gasteiger partial charge in [-0.05, 0) is 12.8 Å². The largest absolute Gasteiger partial charge is 0.394 e. The second-order valence-corrected chi connectivity index (χ2v) is 14.6. The minimum absolute atomic E-state index is 0.257. The summed E-state index contributed by atoms with van der Waals surface area (Å²) in [6.45, 7) is 3.07. The average Bonchev–Trinajstić information content (AvgIpc) is 3.10. The Balaban J connectivity index is 2.04. The van der Waals surface area contributed by atoms with Gasteiger partial charge in [0.1, 0.15) is 30.5 Å². The summed E-state index contributed by atoms with van der Waals surface area (Å²) in [5.41, 5.74) is 0.